The van der Waals surface area contributed by atoms with Crippen molar-refractivity contribution in [1.29, 1.82) is 0 Å². The second-order valence-electron chi connectivity index (χ2n) is 5.50. The Kier molecular flexibility index (Phi) is 7.68. The number of hydrogen-bond donors (Lipinski definition) is 1. The van der Waals surface area contributed by atoms with Gasteiger partial charge in [0.1, 0.15) is 0 Å². The maximum absolute atomic E-state index is 12.0. The lowest BCUT2D eigenvalue weighted by atomic mass is 10.1. The van der Waals surface area contributed by atoms with Gasteiger partial charge in [-0.05, 0) is 40.8 Å². The molecule has 2 amide bonds. The first-order valence-corrected chi connectivity index (χ1v) is 7.10. The van der Waals surface area contributed by atoms with Crippen molar-refractivity contribution in [1.82, 2.24) is 15.1 Å². The van der Waals surface area contributed by atoms with Gasteiger partial charge in [0.15, 0.2) is 0 Å². The smallest absolute Gasteiger partial charge is 0.312 e. The van der Waals surface area contributed by atoms with Crippen LogP contribution in [0.25, 0.3) is 0 Å². The Morgan fingerprint density at radius 3 is 1.89 bits per heavy atom. The summed E-state index contributed by atoms with van der Waals surface area (Å²) in [7, 11) is 0. The van der Waals surface area contributed by atoms with Crippen LogP contribution in [0.1, 0.15) is 41.5 Å². The number of hydrogen-bond acceptors (Lipinski definition) is 3. The van der Waals surface area contributed by atoms with Crippen LogP contribution in [0.2, 0.25) is 0 Å². The van der Waals surface area contributed by atoms with Gasteiger partial charge in [-0.2, -0.15) is 0 Å². The first kappa shape index (κ1) is 17.9. The first-order valence-electron chi connectivity index (χ1n) is 7.10. The molecule has 0 spiro atoms. The molecule has 0 aliphatic carbocycles. The van der Waals surface area contributed by atoms with Crippen molar-refractivity contribution in [3.05, 3.63) is 0 Å². The van der Waals surface area contributed by atoms with E-state index >= 15 is 0 Å². The molecule has 0 bridgehead atoms. The number of nitrogens with zero attached hydrogens (tertiary/aromatic N) is 2. The van der Waals surface area contributed by atoms with Crippen LogP contribution in [0.5, 0.6) is 0 Å². The fourth-order valence-electron chi connectivity index (χ4n) is 1.99. The summed E-state index contributed by atoms with van der Waals surface area (Å²) in [6, 6.07) is 0. The van der Waals surface area contributed by atoms with Crippen LogP contribution >= 0.6 is 0 Å². The Morgan fingerprint density at radius 2 is 1.53 bits per heavy atom. The third-order valence-electron chi connectivity index (χ3n) is 3.17. The first-order chi connectivity index (χ1) is 8.77. The molecule has 0 saturated carbocycles. The number of carbonyl (C=O) groups excluding carboxylic acids is 2. The largest absolute Gasteiger partial charge is 0.347 e. The van der Waals surface area contributed by atoms with E-state index in [2.05, 4.69) is 24.1 Å². The maximum atomic E-state index is 12.0. The molecule has 112 valence electrons. The lowest BCUT2D eigenvalue weighted by Crippen LogP contribution is -2.52. The predicted octanol–water partition coefficient (Wildman–Crippen LogP) is 1.09. The van der Waals surface area contributed by atoms with E-state index in [0.29, 0.717) is 13.1 Å². The van der Waals surface area contributed by atoms with E-state index in [1.54, 1.807) is 4.90 Å². The van der Waals surface area contributed by atoms with Crippen molar-refractivity contribution in [2.45, 2.75) is 47.1 Å². The van der Waals surface area contributed by atoms with Crippen LogP contribution in [0.3, 0.4) is 0 Å². The van der Waals surface area contributed by atoms with Gasteiger partial charge in [0.05, 0.1) is 0 Å². The monoisotopic (exact) mass is 271 g/mol. The molecule has 19 heavy (non-hydrogen) atoms. The molecule has 0 aromatic rings. The molecule has 1 N–H and O–H groups in total. The Labute approximate surface area is 117 Å². The van der Waals surface area contributed by atoms with Gasteiger partial charge in [-0.15, -0.1) is 0 Å². The normalized spacial score (nSPS) is 11.5. The summed E-state index contributed by atoms with van der Waals surface area (Å²) in [5.41, 5.74) is -0.331. The number of carbonyl (C=O) groups is 2. The fourth-order valence-corrected chi connectivity index (χ4v) is 1.99. The quantitative estimate of drug-likeness (QED) is 0.736. The molecule has 0 aliphatic rings. The topological polar surface area (TPSA) is 52.7 Å². The van der Waals surface area contributed by atoms with Crippen LogP contribution in [0.4, 0.5) is 0 Å². The van der Waals surface area contributed by atoms with E-state index in [-0.39, 0.29) is 5.54 Å². The number of likely N-dealkylation sites (N-methyl/N-ethyl adjacent to an activating group) is 2. The highest BCUT2D eigenvalue weighted by Crippen LogP contribution is 2.12. The Morgan fingerprint density at radius 1 is 1.00 bits per heavy atom. The SMILES string of the molecule is CCN(CC)CCNC(=O)C(=O)N(CC)C(C)(C)C. The highest BCUT2D eigenvalue weighted by Gasteiger charge is 2.29. The molecule has 0 saturated heterocycles. The fraction of sp³-hybridized carbons (Fsp3) is 0.857. The van der Waals surface area contributed by atoms with Crippen LogP contribution in [0.15, 0.2) is 0 Å². The predicted molar refractivity (Wildman–Crippen MR) is 77.9 cm³/mol. The van der Waals surface area contributed by atoms with Gasteiger partial charge in [0, 0.05) is 25.2 Å². The molecule has 0 rings (SSSR count). The molecule has 0 heterocycles. The Balaban J connectivity index is 4.31. The molecule has 0 fully saturated rings. The lowest BCUT2D eigenvalue weighted by Gasteiger charge is -2.34. The Hall–Kier alpha value is -1.10. The van der Waals surface area contributed by atoms with Gasteiger partial charge in [-0.1, -0.05) is 13.8 Å². The minimum Gasteiger partial charge on any atom is -0.347 e. The zero-order valence-corrected chi connectivity index (χ0v) is 13.2. The van der Waals surface area contributed by atoms with E-state index in [1.165, 1.54) is 0 Å². The second kappa shape index (κ2) is 8.15. The molecule has 0 aliphatic heterocycles. The van der Waals surface area contributed by atoms with Crippen molar-refractivity contribution in [2.24, 2.45) is 0 Å². The minimum absolute atomic E-state index is 0.331. The number of rotatable bonds is 6. The molecule has 0 aromatic heterocycles. The van der Waals surface area contributed by atoms with Gasteiger partial charge in [-0.25, -0.2) is 0 Å². The highest BCUT2D eigenvalue weighted by molar-refractivity contribution is 6.35. The average molecular weight is 271 g/mol. The summed E-state index contributed by atoms with van der Waals surface area (Å²) < 4.78 is 0. The number of nitrogens with one attached hydrogen (secondary N) is 1. The van der Waals surface area contributed by atoms with Crippen molar-refractivity contribution in [3.8, 4) is 0 Å². The van der Waals surface area contributed by atoms with E-state index in [9.17, 15) is 9.59 Å². The summed E-state index contributed by atoms with van der Waals surface area (Å²) in [4.78, 5) is 27.6. The third kappa shape index (κ3) is 6.05. The molecule has 0 aromatic carbocycles. The van der Waals surface area contributed by atoms with E-state index < -0.39 is 11.8 Å². The standard InChI is InChI=1S/C14H29N3O2/c1-7-16(8-2)11-10-15-12(18)13(19)17(9-3)14(4,5)6/h7-11H2,1-6H3,(H,15,18). The van der Waals surface area contributed by atoms with E-state index in [4.69, 9.17) is 0 Å². The molecule has 5 heteroatoms. The molecule has 0 atom stereocenters. The summed E-state index contributed by atoms with van der Waals surface area (Å²) >= 11 is 0. The maximum Gasteiger partial charge on any atom is 0.312 e. The minimum atomic E-state index is -0.510. The van der Waals surface area contributed by atoms with Gasteiger partial charge in [0.2, 0.25) is 0 Å². The van der Waals surface area contributed by atoms with E-state index in [0.717, 1.165) is 19.6 Å². The molecular formula is C14H29N3O2. The van der Waals surface area contributed by atoms with Crippen molar-refractivity contribution < 1.29 is 9.59 Å². The van der Waals surface area contributed by atoms with Gasteiger partial charge < -0.3 is 15.1 Å². The zero-order chi connectivity index (χ0) is 15.1. The van der Waals surface area contributed by atoms with Crippen molar-refractivity contribution in [3.63, 3.8) is 0 Å². The molecule has 0 radical (unpaired) electrons. The zero-order valence-electron chi connectivity index (χ0n) is 13.2. The molecular weight excluding hydrogens is 242 g/mol. The Bertz CT molecular complexity index is 294. The molecule has 0 unspecified atom stereocenters. The highest BCUT2D eigenvalue weighted by atomic mass is 16.2. The molecule has 5 nitrogen and oxygen atoms in total. The van der Waals surface area contributed by atoms with Crippen LogP contribution in [-0.4, -0.2) is 59.9 Å². The van der Waals surface area contributed by atoms with E-state index in [1.807, 2.05) is 27.7 Å². The second-order valence-corrected chi connectivity index (χ2v) is 5.50. The summed E-state index contributed by atoms with van der Waals surface area (Å²) in [5, 5.41) is 2.70. The third-order valence-corrected chi connectivity index (χ3v) is 3.17. The van der Waals surface area contributed by atoms with Crippen LogP contribution < -0.4 is 5.32 Å². The van der Waals surface area contributed by atoms with Gasteiger partial charge >= 0.3 is 11.8 Å². The van der Waals surface area contributed by atoms with Crippen molar-refractivity contribution in [2.75, 3.05) is 32.7 Å². The number of amides is 2. The van der Waals surface area contributed by atoms with Crippen molar-refractivity contribution >= 4 is 11.8 Å². The summed E-state index contributed by atoms with van der Waals surface area (Å²) in [6.07, 6.45) is 0. The van der Waals surface area contributed by atoms with Crippen LogP contribution in [0, 0.1) is 0 Å². The lowest BCUT2D eigenvalue weighted by molar-refractivity contribution is -0.148. The summed E-state index contributed by atoms with van der Waals surface area (Å²) in [6.45, 7) is 15.5. The summed E-state index contributed by atoms with van der Waals surface area (Å²) in [5.74, 6) is -0.960. The van der Waals surface area contributed by atoms with Gasteiger partial charge in [-0.3, -0.25) is 9.59 Å². The average Bonchev–Trinajstić information content (AvgIpc) is 2.33. The van der Waals surface area contributed by atoms with Gasteiger partial charge in [0.25, 0.3) is 0 Å². The van der Waals surface area contributed by atoms with Crippen LogP contribution in [-0.2, 0) is 9.59 Å².